The van der Waals surface area contributed by atoms with Gasteiger partial charge in [0.15, 0.2) is 0 Å². The van der Waals surface area contributed by atoms with Gasteiger partial charge in [-0.2, -0.15) is 5.26 Å². The van der Waals surface area contributed by atoms with Crippen molar-refractivity contribution in [2.75, 3.05) is 5.32 Å². The molecule has 0 bridgehead atoms. The van der Waals surface area contributed by atoms with Crippen molar-refractivity contribution in [3.8, 4) is 6.07 Å². The molecular formula is C15H11N3O. The van der Waals surface area contributed by atoms with Crippen molar-refractivity contribution in [3.63, 3.8) is 0 Å². The van der Waals surface area contributed by atoms with Crippen LogP contribution >= 0.6 is 0 Å². The molecule has 0 aromatic heterocycles. The van der Waals surface area contributed by atoms with Gasteiger partial charge in [0.2, 0.25) is 0 Å². The Labute approximate surface area is 110 Å². The van der Waals surface area contributed by atoms with Crippen LogP contribution in [-0.4, -0.2) is 5.91 Å². The summed E-state index contributed by atoms with van der Waals surface area (Å²) in [5, 5.41) is 15.2. The van der Waals surface area contributed by atoms with Gasteiger partial charge in [0, 0.05) is 11.3 Å². The summed E-state index contributed by atoms with van der Waals surface area (Å²) in [6.45, 7) is 0. The normalized spacial score (nSPS) is 16.8. The second kappa shape index (κ2) is 4.46. The molecule has 2 N–H and O–H groups in total. The first-order chi connectivity index (χ1) is 9.29. The number of fused-ring (bicyclic) bond motifs is 1. The zero-order valence-corrected chi connectivity index (χ0v) is 10.1. The van der Waals surface area contributed by atoms with E-state index in [9.17, 15) is 4.79 Å². The van der Waals surface area contributed by atoms with E-state index in [4.69, 9.17) is 5.26 Å². The van der Waals surface area contributed by atoms with Crippen LogP contribution in [0.4, 0.5) is 5.69 Å². The lowest BCUT2D eigenvalue weighted by Gasteiger charge is -2.28. The number of carbonyl (C=O) groups excluding carboxylic acids is 1. The highest BCUT2D eigenvalue weighted by Gasteiger charge is 2.25. The molecule has 4 nitrogen and oxygen atoms in total. The predicted octanol–water partition coefficient (Wildman–Crippen LogP) is 2.41. The van der Waals surface area contributed by atoms with Crippen LogP contribution < -0.4 is 10.6 Å². The average molecular weight is 249 g/mol. The molecule has 1 aliphatic rings. The third-order valence-corrected chi connectivity index (χ3v) is 3.14. The van der Waals surface area contributed by atoms with Gasteiger partial charge in [-0.3, -0.25) is 4.79 Å². The number of carbonyl (C=O) groups is 1. The first-order valence-corrected chi connectivity index (χ1v) is 5.95. The minimum Gasteiger partial charge on any atom is -0.361 e. The molecule has 1 amide bonds. The van der Waals surface area contributed by atoms with Gasteiger partial charge in [-0.1, -0.05) is 30.3 Å². The van der Waals surface area contributed by atoms with Crippen LogP contribution in [0.5, 0.6) is 0 Å². The zero-order chi connectivity index (χ0) is 13.2. The van der Waals surface area contributed by atoms with Gasteiger partial charge in [-0.05, 0) is 18.2 Å². The summed E-state index contributed by atoms with van der Waals surface area (Å²) < 4.78 is 0. The van der Waals surface area contributed by atoms with Crippen molar-refractivity contribution in [3.05, 3.63) is 65.2 Å². The smallest absolute Gasteiger partial charge is 0.255 e. The number of nitrogens with zero attached hydrogens (tertiary/aromatic N) is 1. The molecule has 0 radical (unpaired) electrons. The number of rotatable bonds is 1. The van der Waals surface area contributed by atoms with Gasteiger partial charge < -0.3 is 10.6 Å². The van der Waals surface area contributed by atoms with Crippen LogP contribution in [0, 0.1) is 11.3 Å². The van der Waals surface area contributed by atoms with E-state index in [-0.39, 0.29) is 12.1 Å². The Morgan fingerprint density at radius 2 is 1.74 bits per heavy atom. The summed E-state index contributed by atoms with van der Waals surface area (Å²) in [6, 6.07) is 16.7. The molecule has 1 aliphatic heterocycles. The molecule has 0 aliphatic carbocycles. The monoisotopic (exact) mass is 249 g/mol. The van der Waals surface area contributed by atoms with E-state index in [1.54, 1.807) is 18.2 Å². The number of hydrogen-bond donors (Lipinski definition) is 2. The van der Waals surface area contributed by atoms with Crippen molar-refractivity contribution >= 4 is 11.6 Å². The van der Waals surface area contributed by atoms with Crippen LogP contribution in [0.3, 0.4) is 0 Å². The maximum Gasteiger partial charge on any atom is 0.255 e. The molecule has 3 rings (SSSR count). The molecule has 0 fully saturated rings. The molecule has 0 saturated heterocycles. The number of nitrogens with one attached hydrogen (secondary N) is 2. The van der Waals surface area contributed by atoms with E-state index in [2.05, 4.69) is 16.7 Å². The lowest BCUT2D eigenvalue weighted by Crippen LogP contribution is -2.38. The highest BCUT2D eigenvalue weighted by Crippen LogP contribution is 2.27. The zero-order valence-electron chi connectivity index (χ0n) is 10.1. The quantitative estimate of drug-likeness (QED) is 0.815. The van der Waals surface area contributed by atoms with Gasteiger partial charge in [0.05, 0.1) is 17.2 Å². The van der Waals surface area contributed by atoms with Gasteiger partial charge in [0.1, 0.15) is 6.17 Å². The Kier molecular flexibility index (Phi) is 2.66. The minimum absolute atomic E-state index is 0.132. The molecule has 0 saturated carbocycles. The maximum atomic E-state index is 12.0. The maximum absolute atomic E-state index is 12.0. The Bertz CT molecular complexity index is 688. The number of anilines is 1. The molecular weight excluding hydrogens is 238 g/mol. The molecule has 2 aromatic rings. The lowest BCUT2D eigenvalue weighted by molar-refractivity contribution is 0.0935. The van der Waals surface area contributed by atoms with Crippen molar-refractivity contribution in [1.82, 2.24) is 5.32 Å². The first kappa shape index (κ1) is 11.3. The Morgan fingerprint density at radius 3 is 2.58 bits per heavy atom. The largest absolute Gasteiger partial charge is 0.361 e. The molecule has 19 heavy (non-hydrogen) atoms. The SMILES string of the molecule is N#Cc1ccccc1C1NC(=O)c2ccccc2N1. The van der Waals surface area contributed by atoms with Crippen LogP contribution in [0.1, 0.15) is 27.7 Å². The van der Waals surface area contributed by atoms with Crippen molar-refractivity contribution < 1.29 is 4.79 Å². The summed E-state index contributed by atoms with van der Waals surface area (Å²) in [5.41, 5.74) is 2.73. The van der Waals surface area contributed by atoms with Crippen molar-refractivity contribution in [2.24, 2.45) is 0 Å². The van der Waals surface area contributed by atoms with Crippen LogP contribution in [0.2, 0.25) is 0 Å². The van der Waals surface area contributed by atoms with E-state index < -0.39 is 0 Å². The van der Waals surface area contributed by atoms with Crippen LogP contribution in [-0.2, 0) is 0 Å². The fraction of sp³-hybridized carbons (Fsp3) is 0.0667. The van der Waals surface area contributed by atoms with Crippen molar-refractivity contribution in [2.45, 2.75) is 6.17 Å². The molecule has 2 aromatic carbocycles. The lowest BCUT2D eigenvalue weighted by atomic mass is 10.0. The molecule has 4 heteroatoms. The highest BCUT2D eigenvalue weighted by molar-refractivity contribution is 6.01. The molecule has 1 atom stereocenters. The Morgan fingerprint density at radius 1 is 1.00 bits per heavy atom. The summed E-state index contributed by atoms with van der Waals surface area (Å²) >= 11 is 0. The molecule has 92 valence electrons. The number of amides is 1. The second-order valence-corrected chi connectivity index (χ2v) is 4.30. The predicted molar refractivity (Wildman–Crippen MR) is 71.4 cm³/mol. The van der Waals surface area contributed by atoms with E-state index >= 15 is 0 Å². The van der Waals surface area contributed by atoms with Crippen molar-refractivity contribution in [1.29, 1.82) is 5.26 Å². The Balaban J connectivity index is 2.02. The number of hydrogen-bond acceptors (Lipinski definition) is 3. The van der Waals surface area contributed by atoms with Gasteiger partial charge in [-0.15, -0.1) is 0 Å². The van der Waals surface area contributed by atoms with Crippen LogP contribution in [0.25, 0.3) is 0 Å². The van der Waals surface area contributed by atoms with Gasteiger partial charge >= 0.3 is 0 Å². The third-order valence-electron chi connectivity index (χ3n) is 3.14. The summed E-state index contributed by atoms with van der Waals surface area (Å²) in [6.07, 6.45) is -0.377. The Hall–Kier alpha value is -2.80. The summed E-state index contributed by atoms with van der Waals surface area (Å²) in [4.78, 5) is 12.0. The fourth-order valence-corrected chi connectivity index (χ4v) is 2.21. The third kappa shape index (κ3) is 1.91. The molecule has 0 spiro atoms. The number of para-hydroxylation sites is 1. The highest BCUT2D eigenvalue weighted by atomic mass is 16.2. The molecule has 1 unspecified atom stereocenters. The minimum atomic E-state index is -0.377. The molecule has 1 heterocycles. The van der Waals surface area contributed by atoms with E-state index in [1.165, 1.54) is 0 Å². The number of nitriles is 1. The summed E-state index contributed by atoms with van der Waals surface area (Å²) in [5.74, 6) is -0.132. The van der Waals surface area contributed by atoms with E-state index in [0.717, 1.165) is 11.3 Å². The first-order valence-electron chi connectivity index (χ1n) is 5.95. The average Bonchev–Trinajstić information content (AvgIpc) is 2.47. The second-order valence-electron chi connectivity index (χ2n) is 4.30. The fourth-order valence-electron chi connectivity index (χ4n) is 2.21. The van der Waals surface area contributed by atoms with E-state index in [0.29, 0.717) is 11.1 Å². The van der Waals surface area contributed by atoms with E-state index in [1.807, 2.05) is 30.3 Å². The standard InChI is InChI=1S/C15H11N3O/c16-9-10-5-1-2-6-11(10)14-17-13-8-4-3-7-12(13)15(19)18-14/h1-8,14,17H,(H,18,19). The van der Waals surface area contributed by atoms with Crippen LogP contribution in [0.15, 0.2) is 48.5 Å². The topological polar surface area (TPSA) is 64.9 Å². The number of benzene rings is 2. The summed E-state index contributed by atoms with van der Waals surface area (Å²) in [7, 11) is 0. The van der Waals surface area contributed by atoms with Gasteiger partial charge in [0.25, 0.3) is 5.91 Å². The van der Waals surface area contributed by atoms with Gasteiger partial charge in [-0.25, -0.2) is 0 Å².